The van der Waals surface area contributed by atoms with Gasteiger partial charge in [-0.25, -0.2) is 0 Å². The van der Waals surface area contributed by atoms with Gasteiger partial charge in [0.2, 0.25) is 0 Å². The van der Waals surface area contributed by atoms with Gasteiger partial charge in [0, 0.05) is 25.2 Å². The van der Waals surface area contributed by atoms with E-state index in [0.717, 1.165) is 31.7 Å². The van der Waals surface area contributed by atoms with E-state index >= 15 is 0 Å². The Bertz CT molecular complexity index is 270. The van der Waals surface area contributed by atoms with Crippen LogP contribution in [0.3, 0.4) is 0 Å². The molecule has 1 N–H and O–H groups in total. The van der Waals surface area contributed by atoms with Crippen molar-refractivity contribution in [3.05, 3.63) is 12.2 Å². The first-order chi connectivity index (χ1) is 10.3. The first kappa shape index (κ1) is 17.0. The van der Waals surface area contributed by atoms with Gasteiger partial charge in [0.15, 0.2) is 0 Å². The quantitative estimate of drug-likeness (QED) is 0.523. The molecule has 0 radical (unpaired) electrons. The van der Waals surface area contributed by atoms with Crippen molar-refractivity contribution in [1.29, 1.82) is 0 Å². The maximum absolute atomic E-state index is 4.35. The molecule has 2 aliphatic carbocycles. The number of hydrogen-bond donors (Lipinski definition) is 1. The highest BCUT2D eigenvalue weighted by atomic mass is 15.2. The Morgan fingerprint density at radius 1 is 0.952 bits per heavy atom. The molecule has 0 spiro atoms. The lowest BCUT2D eigenvalue weighted by Gasteiger charge is -2.42. The maximum Gasteiger partial charge on any atom is 0.0208 e. The zero-order valence-electron chi connectivity index (χ0n) is 14.2. The summed E-state index contributed by atoms with van der Waals surface area (Å²) in [6, 6.07) is 1.68. The van der Waals surface area contributed by atoms with Gasteiger partial charge in [0.25, 0.3) is 0 Å². The predicted molar refractivity (Wildman–Crippen MR) is 92.8 cm³/mol. The highest BCUT2D eigenvalue weighted by Gasteiger charge is 2.28. The summed E-state index contributed by atoms with van der Waals surface area (Å²) in [5.74, 6) is 0. The molecule has 0 atom stereocenters. The number of nitrogens with zero attached hydrogens (tertiary/aromatic N) is 1. The minimum Gasteiger partial charge on any atom is -0.313 e. The van der Waals surface area contributed by atoms with Gasteiger partial charge in [-0.05, 0) is 44.2 Å². The van der Waals surface area contributed by atoms with E-state index in [-0.39, 0.29) is 0 Å². The SMILES string of the molecule is C=C(CNCCC)CN(C1CCCCC1)C1CCCCC1. The van der Waals surface area contributed by atoms with Gasteiger partial charge >= 0.3 is 0 Å². The van der Waals surface area contributed by atoms with E-state index < -0.39 is 0 Å². The van der Waals surface area contributed by atoms with E-state index in [0.29, 0.717) is 0 Å². The fourth-order valence-corrected chi connectivity index (χ4v) is 4.14. The second-order valence-corrected chi connectivity index (χ2v) is 7.18. The lowest BCUT2D eigenvalue weighted by molar-refractivity contribution is 0.0906. The van der Waals surface area contributed by atoms with Gasteiger partial charge in [-0.15, -0.1) is 0 Å². The zero-order valence-corrected chi connectivity index (χ0v) is 14.2. The van der Waals surface area contributed by atoms with Gasteiger partial charge in [0.1, 0.15) is 0 Å². The van der Waals surface area contributed by atoms with Crippen LogP contribution in [-0.2, 0) is 0 Å². The van der Waals surface area contributed by atoms with Crippen molar-refractivity contribution in [2.75, 3.05) is 19.6 Å². The summed E-state index contributed by atoms with van der Waals surface area (Å²) in [5.41, 5.74) is 1.39. The smallest absolute Gasteiger partial charge is 0.0208 e. The summed E-state index contributed by atoms with van der Waals surface area (Å²) < 4.78 is 0. The first-order valence-corrected chi connectivity index (χ1v) is 9.44. The summed E-state index contributed by atoms with van der Waals surface area (Å²) in [4.78, 5) is 2.86. The first-order valence-electron chi connectivity index (χ1n) is 9.44. The van der Waals surface area contributed by atoms with Gasteiger partial charge in [0.05, 0.1) is 0 Å². The standard InChI is InChI=1S/C19H36N2/c1-3-14-20-15-17(2)16-21(18-10-6-4-7-11-18)19-12-8-5-9-13-19/h18-20H,2-16H2,1H3. The van der Waals surface area contributed by atoms with E-state index in [1.165, 1.54) is 76.2 Å². The topological polar surface area (TPSA) is 15.3 Å². The van der Waals surface area contributed by atoms with Crippen molar-refractivity contribution in [2.24, 2.45) is 0 Å². The summed E-state index contributed by atoms with van der Waals surface area (Å²) in [6.07, 6.45) is 15.6. The second kappa shape index (κ2) is 9.63. The molecule has 0 aliphatic heterocycles. The highest BCUT2D eigenvalue weighted by Crippen LogP contribution is 2.30. The van der Waals surface area contributed by atoms with E-state index in [2.05, 4.69) is 23.7 Å². The number of hydrogen-bond acceptors (Lipinski definition) is 2. The van der Waals surface area contributed by atoms with E-state index in [4.69, 9.17) is 0 Å². The Morgan fingerprint density at radius 2 is 1.48 bits per heavy atom. The molecule has 0 saturated heterocycles. The van der Waals surface area contributed by atoms with E-state index in [1.54, 1.807) is 0 Å². The van der Waals surface area contributed by atoms with E-state index in [9.17, 15) is 0 Å². The van der Waals surface area contributed by atoms with Gasteiger partial charge < -0.3 is 5.32 Å². The Hall–Kier alpha value is -0.340. The van der Waals surface area contributed by atoms with Gasteiger partial charge in [-0.3, -0.25) is 4.90 Å². The third kappa shape index (κ3) is 5.75. The molecule has 2 fully saturated rings. The fraction of sp³-hybridized carbons (Fsp3) is 0.895. The molecule has 2 aliphatic rings. The van der Waals surface area contributed by atoms with Crippen LogP contribution in [0.5, 0.6) is 0 Å². The Balaban J connectivity index is 1.88. The molecule has 0 aromatic heterocycles. The van der Waals surface area contributed by atoms with Crippen LogP contribution in [0, 0.1) is 0 Å². The highest BCUT2D eigenvalue weighted by molar-refractivity contribution is 5.02. The van der Waals surface area contributed by atoms with Crippen LogP contribution in [0.15, 0.2) is 12.2 Å². The van der Waals surface area contributed by atoms with Crippen molar-refractivity contribution < 1.29 is 0 Å². The molecule has 0 amide bonds. The van der Waals surface area contributed by atoms with Crippen molar-refractivity contribution in [1.82, 2.24) is 10.2 Å². The minimum atomic E-state index is 0.838. The van der Waals surface area contributed by atoms with Gasteiger partial charge in [-0.1, -0.05) is 52.0 Å². The van der Waals surface area contributed by atoms with Crippen molar-refractivity contribution in [3.8, 4) is 0 Å². The van der Waals surface area contributed by atoms with Crippen LogP contribution in [-0.4, -0.2) is 36.6 Å². The predicted octanol–water partition coefficient (Wildman–Crippen LogP) is 4.51. The van der Waals surface area contributed by atoms with Gasteiger partial charge in [-0.2, -0.15) is 0 Å². The lowest BCUT2D eigenvalue weighted by atomic mass is 9.88. The molecule has 0 unspecified atom stereocenters. The van der Waals surface area contributed by atoms with Crippen LogP contribution < -0.4 is 5.32 Å². The third-order valence-corrected chi connectivity index (χ3v) is 5.30. The van der Waals surface area contributed by atoms with Crippen LogP contribution in [0.25, 0.3) is 0 Å². The summed E-state index contributed by atoms with van der Waals surface area (Å²) >= 11 is 0. The number of rotatable bonds is 8. The Labute approximate surface area is 132 Å². The second-order valence-electron chi connectivity index (χ2n) is 7.18. The Kier molecular flexibility index (Phi) is 7.81. The van der Waals surface area contributed by atoms with E-state index in [1.807, 2.05) is 0 Å². The molecule has 2 saturated carbocycles. The molecule has 122 valence electrons. The molecule has 0 heterocycles. The molecule has 2 heteroatoms. The molecule has 2 nitrogen and oxygen atoms in total. The zero-order chi connectivity index (χ0) is 14.9. The molecule has 0 aromatic carbocycles. The molecule has 2 rings (SSSR count). The molecular formula is C19H36N2. The number of nitrogens with one attached hydrogen (secondary N) is 1. The normalized spacial score (nSPS) is 21.8. The lowest BCUT2D eigenvalue weighted by Crippen LogP contribution is -2.46. The van der Waals surface area contributed by atoms with Crippen LogP contribution in [0.2, 0.25) is 0 Å². The third-order valence-electron chi connectivity index (χ3n) is 5.30. The summed E-state index contributed by atoms with van der Waals surface area (Å²) in [5, 5.41) is 3.52. The monoisotopic (exact) mass is 292 g/mol. The van der Waals surface area contributed by atoms with Crippen LogP contribution >= 0.6 is 0 Å². The molecule has 0 bridgehead atoms. The summed E-state index contributed by atoms with van der Waals surface area (Å²) in [6.45, 7) is 9.83. The average Bonchev–Trinajstić information content (AvgIpc) is 2.54. The average molecular weight is 293 g/mol. The molecular weight excluding hydrogens is 256 g/mol. The fourth-order valence-electron chi connectivity index (χ4n) is 4.14. The van der Waals surface area contributed by atoms with Crippen molar-refractivity contribution in [3.63, 3.8) is 0 Å². The van der Waals surface area contributed by atoms with Crippen molar-refractivity contribution >= 4 is 0 Å². The molecule has 0 aromatic rings. The maximum atomic E-state index is 4.35. The Morgan fingerprint density at radius 3 is 1.95 bits per heavy atom. The van der Waals surface area contributed by atoms with Crippen LogP contribution in [0.4, 0.5) is 0 Å². The van der Waals surface area contributed by atoms with Crippen LogP contribution in [0.1, 0.15) is 77.6 Å². The van der Waals surface area contributed by atoms with Crippen molar-refractivity contribution in [2.45, 2.75) is 89.6 Å². The largest absolute Gasteiger partial charge is 0.313 e. The minimum absolute atomic E-state index is 0.838. The summed E-state index contributed by atoms with van der Waals surface area (Å²) in [7, 11) is 0. The molecule has 21 heavy (non-hydrogen) atoms.